The molecule has 90 valence electrons. The lowest BCUT2D eigenvalue weighted by atomic mass is 10.2. The van der Waals surface area contributed by atoms with Crippen molar-refractivity contribution in [3.8, 4) is 0 Å². The molecule has 0 heterocycles. The van der Waals surface area contributed by atoms with E-state index in [1.54, 1.807) is 0 Å². The van der Waals surface area contributed by atoms with Crippen LogP contribution in [-0.4, -0.2) is 0 Å². The normalized spacial score (nSPS) is 9.41. The Morgan fingerprint density at radius 2 is 1.53 bits per heavy atom. The highest BCUT2D eigenvalue weighted by molar-refractivity contribution is 5.85. The number of benzene rings is 2. The molecule has 0 atom stereocenters. The van der Waals surface area contributed by atoms with Crippen LogP contribution in [0.3, 0.4) is 0 Å². The average molecular weight is 250 g/mol. The van der Waals surface area contributed by atoms with Crippen molar-refractivity contribution in [3.05, 3.63) is 54.1 Å². The van der Waals surface area contributed by atoms with Crippen LogP contribution in [0.1, 0.15) is 5.56 Å². The zero-order chi connectivity index (χ0) is 11.4. The SMILES string of the molecule is Cl.Nc1cccc(CNc2cccc(N)c2)c1. The quantitative estimate of drug-likeness (QED) is 0.733. The van der Waals surface area contributed by atoms with Crippen LogP contribution in [-0.2, 0) is 6.54 Å². The minimum absolute atomic E-state index is 0. The summed E-state index contributed by atoms with van der Waals surface area (Å²) in [7, 11) is 0. The van der Waals surface area contributed by atoms with Crippen molar-refractivity contribution < 1.29 is 0 Å². The molecule has 0 aliphatic carbocycles. The molecule has 5 N–H and O–H groups in total. The third-order valence-electron chi connectivity index (χ3n) is 2.33. The van der Waals surface area contributed by atoms with E-state index in [1.165, 1.54) is 0 Å². The minimum Gasteiger partial charge on any atom is -0.399 e. The van der Waals surface area contributed by atoms with E-state index in [-0.39, 0.29) is 12.4 Å². The smallest absolute Gasteiger partial charge is 0.0401 e. The summed E-state index contributed by atoms with van der Waals surface area (Å²) in [6.07, 6.45) is 0. The van der Waals surface area contributed by atoms with Crippen molar-refractivity contribution in [2.24, 2.45) is 0 Å². The first kappa shape index (κ1) is 13.2. The van der Waals surface area contributed by atoms with E-state index in [0.717, 1.165) is 29.2 Å². The van der Waals surface area contributed by atoms with Crippen LogP contribution in [0.2, 0.25) is 0 Å². The Kier molecular flexibility index (Phi) is 4.67. The van der Waals surface area contributed by atoms with Gasteiger partial charge in [-0.2, -0.15) is 0 Å². The second kappa shape index (κ2) is 6.01. The summed E-state index contributed by atoms with van der Waals surface area (Å²) in [5, 5.41) is 3.29. The van der Waals surface area contributed by atoms with Gasteiger partial charge >= 0.3 is 0 Å². The van der Waals surface area contributed by atoms with Crippen molar-refractivity contribution in [2.45, 2.75) is 6.54 Å². The van der Waals surface area contributed by atoms with E-state index in [4.69, 9.17) is 11.5 Å². The molecule has 0 fully saturated rings. The molecule has 0 aliphatic rings. The maximum atomic E-state index is 5.70. The topological polar surface area (TPSA) is 64.1 Å². The zero-order valence-electron chi connectivity index (χ0n) is 9.39. The Morgan fingerprint density at radius 1 is 0.882 bits per heavy atom. The van der Waals surface area contributed by atoms with E-state index >= 15 is 0 Å². The average Bonchev–Trinajstić information content (AvgIpc) is 2.27. The van der Waals surface area contributed by atoms with Crippen LogP contribution in [0.15, 0.2) is 48.5 Å². The summed E-state index contributed by atoms with van der Waals surface area (Å²) in [6, 6.07) is 15.5. The fraction of sp³-hybridized carbons (Fsp3) is 0.0769. The predicted molar refractivity (Wildman–Crippen MR) is 76.3 cm³/mol. The van der Waals surface area contributed by atoms with Crippen molar-refractivity contribution in [3.63, 3.8) is 0 Å². The monoisotopic (exact) mass is 249 g/mol. The Bertz CT molecular complexity index is 440. The van der Waals surface area contributed by atoms with Crippen LogP contribution >= 0.6 is 12.4 Å². The van der Waals surface area contributed by atoms with Gasteiger partial charge < -0.3 is 16.8 Å². The van der Waals surface area contributed by atoms with Crippen molar-refractivity contribution in [1.82, 2.24) is 0 Å². The molecule has 0 aliphatic heterocycles. The third kappa shape index (κ3) is 3.89. The number of halogens is 1. The third-order valence-corrected chi connectivity index (χ3v) is 2.33. The van der Waals surface area contributed by atoms with Crippen molar-refractivity contribution >= 4 is 29.5 Å². The lowest BCUT2D eigenvalue weighted by Gasteiger charge is -2.07. The highest BCUT2D eigenvalue weighted by atomic mass is 35.5. The van der Waals surface area contributed by atoms with Crippen LogP contribution < -0.4 is 16.8 Å². The molecule has 3 nitrogen and oxygen atoms in total. The molecule has 0 saturated carbocycles. The van der Waals surface area contributed by atoms with E-state index in [0.29, 0.717) is 0 Å². The largest absolute Gasteiger partial charge is 0.399 e. The molecule has 0 saturated heterocycles. The summed E-state index contributed by atoms with van der Waals surface area (Å²) in [6.45, 7) is 0.745. The lowest BCUT2D eigenvalue weighted by molar-refractivity contribution is 1.15. The first-order valence-electron chi connectivity index (χ1n) is 5.18. The Labute approximate surface area is 107 Å². The van der Waals surface area contributed by atoms with Crippen LogP contribution in [0.25, 0.3) is 0 Å². The molecule has 2 aromatic carbocycles. The predicted octanol–water partition coefficient (Wildman–Crippen LogP) is 2.88. The summed E-state index contributed by atoms with van der Waals surface area (Å²) in [4.78, 5) is 0. The molecule has 0 aromatic heterocycles. The van der Waals surface area contributed by atoms with Gasteiger partial charge in [-0.15, -0.1) is 12.4 Å². The molecule has 0 amide bonds. The second-order valence-electron chi connectivity index (χ2n) is 3.72. The van der Waals surface area contributed by atoms with Gasteiger partial charge in [0.2, 0.25) is 0 Å². The molecular weight excluding hydrogens is 234 g/mol. The van der Waals surface area contributed by atoms with E-state index < -0.39 is 0 Å². The van der Waals surface area contributed by atoms with E-state index in [2.05, 4.69) is 5.32 Å². The van der Waals surface area contributed by atoms with Gasteiger partial charge in [0.1, 0.15) is 0 Å². The fourth-order valence-corrected chi connectivity index (χ4v) is 1.56. The lowest BCUT2D eigenvalue weighted by Crippen LogP contribution is -2.00. The molecule has 0 bridgehead atoms. The molecule has 17 heavy (non-hydrogen) atoms. The standard InChI is InChI=1S/C13H15N3.ClH/c14-11-4-1-3-10(7-11)9-16-13-6-2-5-12(15)8-13;/h1-8,16H,9,14-15H2;1H. The molecule has 2 aromatic rings. The van der Waals surface area contributed by atoms with Gasteiger partial charge in [-0.3, -0.25) is 0 Å². The van der Waals surface area contributed by atoms with Gasteiger partial charge in [0.15, 0.2) is 0 Å². The molecule has 0 radical (unpaired) electrons. The summed E-state index contributed by atoms with van der Waals surface area (Å²) in [5.74, 6) is 0. The van der Waals surface area contributed by atoms with Crippen LogP contribution in [0.4, 0.5) is 17.1 Å². The highest BCUT2D eigenvalue weighted by Crippen LogP contribution is 2.14. The molecule has 0 spiro atoms. The summed E-state index contributed by atoms with van der Waals surface area (Å²) in [5.41, 5.74) is 15.1. The Balaban J connectivity index is 0.00000144. The second-order valence-corrected chi connectivity index (χ2v) is 3.72. The van der Waals surface area contributed by atoms with Gasteiger partial charge in [-0.05, 0) is 35.9 Å². The highest BCUT2D eigenvalue weighted by Gasteiger charge is 1.95. The Hall–Kier alpha value is -1.87. The molecule has 0 unspecified atom stereocenters. The van der Waals surface area contributed by atoms with Crippen molar-refractivity contribution in [2.75, 3.05) is 16.8 Å². The number of hydrogen-bond acceptors (Lipinski definition) is 3. The van der Waals surface area contributed by atoms with E-state index in [9.17, 15) is 0 Å². The van der Waals surface area contributed by atoms with Crippen molar-refractivity contribution in [1.29, 1.82) is 0 Å². The maximum Gasteiger partial charge on any atom is 0.0401 e. The zero-order valence-corrected chi connectivity index (χ0v) is 10.2. The number of rotatable bonds is 3. The molecule has 2 rings (SSSR count). The van der Waals surface area contributed by atoms with E-state index in [1.807, 2.05) is 48.5 Å². The van der Waals surface area contributed by atoms with Gasteiger partial charge in [-0.25, -0.2) is 0 Å². The van der Waals surface area contributed by atoms with Gasteiger partial charge in [0, 0.05) is 23.6 Å². The van der Waals surface area contributed by atoms with Gasteiger partial charge in [-0.1, -0.05) is 18.2 Å². The fourth-order valence-electron chi connectivity index (χ4n) is 1.56. The summed E-state index contributed by atoms with van der Waals surface area (Å²) < 4.78 is 0. The molecular formula is C13H16ClN3. The Morgan fingerprint density at radius 3 is 2.18 bits per heavy atom. The number of nitrogens with one attached hydrogen (secondary N) is 1. The first-order valence-corrected chi connectivity index (χ1v) is 5.18. The molecule has 4 heteroatoms. The van der Waals surface area contributed by atoms with Crippen LogP contribution in [0.5, 0.6) is 0 Å². The number of nitrogen functional groups attached to an aromatic ring is 2. The maximum absolute atomic E-state index is 5.70. The summed E-state index contributed by atoms with van der Waals surface area (Å²) >= 11 is 0. The van der Waals surface area contributed by atoms with Gasteiger partial charge in [0.05, 0.1) is 0 Å². The minimum atomic E-state index is 0. The number of anilines is 3. The van der Waals surface area contributed by atoms with Gasteiger partial charge in [0.25, 0.3) is 0 Å². The number of hydrogen-bond donors (Lipinski definition) is 3. The van der Waals surface area contributed by atoms with Crippen LogP contribution in [0, 0.1) is 0 Å². The first-order chi connectivity index (χ1) is 7.74. The number of nitrogens with two attached hydrogens (primary N) is 2.